The molecule has 0 heterocycles. The molecule has 0 aliphatic rings. The fraction of sp³-hybridized carbons (Fsp3) is 0.143. The van der Waals surface area contributed by atoms with Crippen LogP contribution in [-0.4, -0.2) is 5.11 Å². The van der Waals surface area contributed by atoms with Crippen molar-refractivity contribution in [2.24, 2.45) is 0 Å². The Balaban J connectivity index is 2.28. The predicted molar refractivity (Wildman–Crippen MR) is 71.3 cm³/mol. The smallest absolute Gasteiger partial charge is 0.132 e. The van der Waals surface area contributed by atoms with E-state index in [-0.39, 0.29) is 6.61 Å². The summed E-state index contributed by atoms with van der Waals surface area (Å²) in [6.07, 6.45) is 0. The second-order valence-corrected chi connectivity index (χ2v) is 4.63. The van der Waals surface area contributed by atoms with E-state index < -0.39 is 0 Å². The second-order valence-electron chi connectivity index (χ2n) is 3.78. The number of aliphatic hydroxyl groups excluding tert-OH is 1. The maximum absolute atomic E-state index is 9.21. The van der Waals surface area contributed by atoms with Crippen molar-refractivity contribution >= 4 is 15.9 Å². The highest BCUT2D eigenvalue weighted by atomic mass is 79.9. The molecule has 0 aliphatic heterocycles. The number of para-hydroxylation sites is 1. The number of hydrogen-bond donors (Lipinski definition) is 1. The van der Waals surface area contributed by atoms with E-state index in [9.17, 15) is 5.11 Å². The van der Waals surface area contributed by atoms with Gasteiger partial charge in [-0.1, -0.05) is 34.1 Å². The Labute approximate surface area is 109 Å². The van der Waals surface area contributed by atoms with Gasteiger partial charge in [-0.05, 0) is 36.8 Å². The lowest BCUT2D eigenvalue weighted by Gasteiger charge is -2.10. The van der Waals surface area contributed by atoms with Gasteiger partial charge < -0.3 is 9.84 Å². The molecule has 2 nitrogen and oxygen atoms in total. The fourth-order valence-electron chi connectivity index (χ4n) is 1.54. The average molecular weight is 293 g/mol. The highest BCUT2D eigenvalue weighted by Gasteiger charge is 2.04. The summed E-state index contributed by atoms with van der Waals surface area (Å²) >= 11 is 3.45. The maximum Gasteiger partial charge on any atom is 0.132 e. The first kappa shape index (κ1) is 12.1. The van der Waals surface area contributed by atoms with E-state index in [2.05, 4.69) is 15.9 Å². The van der Waals surface area contributed by atoms with Gasteiger partial charge in [0.1, 0.15) is 11.5 Å². The standard InChI is InChI=1S/C14H13BrO2/c1-10-8-12(6-7-13(10)15)17-14-5-3-2-4-11(14)9-16/h2-8,16H,9H2,1H3. The van der Waals surface area contributed by atoms with Crippen molar-refractivity contribution in [2.45, 2.75) is 13.5 Å². The number of halogens is 1. The third kappa shape index (κ3) is 2.87. The first-order valence-electron chi connectivity index (χ1n) is 5.33. The van der Waals surface area contributed by atoms with Gasteiger partial charge in [0.05, 0.1) is 6.61 Å². The number of aryl methyl sites for hydroxylation is 1. The van der Waals surface area contributed by atoms with Crippen LogP contribution in [0.3, 0.4) is 0 Å². The number of benzene rings is 2. The average Bonchev–Trinajstić information content (AvgIpc) is 2.34. The predicted octanol–water partition coefficient (Wildman–Crippen LogP) is 4.04. The molecule has 0 saturated heterocycles. The van der Waals surface area contributed by atoms with Crippen LogP contribution >= 0.6 is 15.9 Å². The molecule has 0 bridgehead atoms. The fourth-order valence-corrected chi connectivity index (χ4v) is 1.79. The first-order valence-corrected chi connectivity index (χ1v) is 6.13. The Hall–Kier alpha value is -1.32. The maximum atomic E-state index is 9.21. The van der Waals surface area contributed by atoms with Crippen LogP contribution in [0, 0.1) is 6.92 Å². The van der Waals surface area contributed by atoms with Crippen molar-refractivity contribution in [3.05, 3.63) is 58.1 Å². The first-order chi connectivity index (χ1) is 8.20. The molecule has 1 N–H and O–H groups in total. The second kappa shape index (κ2) is 5.34. The molecule has 2 rings (SSSR count). The summed E-state index contributed by atoms with van der Waals surface area (Å²) in [4.78, 5) is 0. The van der Waals surface area contributed by atoms with Crippen LogP contribution in [0.25, 0.3) is 0 Å². The summed E-state index contributed by atoms with van der Waals surface area (Å²) < 4.78 is 6.81. The molecular weight excluding hydrogens is 280 g/mol. The normalized spacial score (nSPS) is 10.3. The molecule has 0 amide bonds. The summed E-state index contributed by atoms with van der Waals surface area (Å²) in [6.45, 7) is 1.99. The van der Waals surface area contributed by atoms with Gasteiger partial charge in [-0.3, -0.25) is 0 Å². The van der Waals surface area contributed by atoms with E-state index in [1.165, 1.54) is 0 Å². The Morgan fingerprint density at radius 3 is 2.65 bits per heavy atom. The number of ether oxygens (including phenoxy) is 1. The lowest BCUT2D eigenvalue weighted by molar-refractivity contribution is 0.276. The minimum Gasteiger partial charge on any atom is -0.457 e. The van der Waals surface area contributed by atoms with E-state index in [4.69, 9.17) is 4.74 Å². The van der Waals surface area contributed by atoms with Gasteiger partial charge in [-0.2, -0.15) is 0 Å². The topological polar surface area (TPSA) is 29.5 Å². The van der Waals surface area contributed by atoms with Gasteiger partial charge >= 0.3 is 0 Å². The molecule has 3 heteroatoms. The minimum absolute atomic E-state index is 0.0221. The van der Waals surface area contributed by atoms with Gasteiger partial charge in [0.25, 0.3) is 0 Å². The molecule has 0 aliphatic carbocycles. The largest absolute Gasteiger partial charge is 0.457 e. The van der Waals surface area contributed by atoms with Crippen molar-refractivity contribution < 1.29 is 9.84 Å². The van der Waals surface area contributed by atoms with Crippen LogP contribution in [0.4, 0.5) is 0 Å². The highest BCUT2D eigenvalue weighted by Crippen LogP contribution is 2.28. The lowest BCUT2D eigenvalue weighted by Crippen LogP contribution is -1.91. The summed E-state index contributed by atoms with van der Waals surface area (Å²) in [5.74, 6) is 1.46. The summed E-state index contributed by atoms with van der Waals surface area (Å²) in [7, 11) is 0. The molecule has 0 unspecified atom stereocenters. The molecule has 0 atom stereocenters. The SMILES string of the molecule is Cc1cc(Oc2ccccc2CO)ccc1Br. The van der Waals surface area contributed by atoms with E-state index in [1.807, 2.05) is 49.4 Å². The quantitative estimate of drug-likeness (QED) is 0.925. The molecule has 88 valence electrons. The summed E-state index contributed by atoms with van der Waals surface area (Å²) in [6, 6.07) is 13.3. The zero-order chi connectivity index (χ0) is 12.3. The third-order valence-electron chi connectivity index (χ3n) is 2.50. The zero-order valence-electron chi connectivity index (χ0n) is 9.48. The van der Waals surface area contributed by atoms with Gasteiger partial charge in [-0.25, -0.2) is 0 Å². The van der Waals surface area contributed by atoms with Crippen molar-refractivity contribution in [3.63, 3.8) is 0 Å². The van der Waals surface area contributed by atoms with Crippen molar-refractivity contribution in [1.29, 1.82) is 0 Å². The Kier molecular flexibility index (Phi) is 3.82. The Morgan fingerprint density at radius 2 is 1.94 bits per heavy atom. The van der Waals surface area contributed by atoms with Gasteiger partial charge in [0.2, 0.25) is 0 Å². The Bertz CT molecular complexity index is 523. The van der Waals surface area contributed by atoms with Crippen LogP contribution in [0.5, 0.6) is 11.5 Å². The molecule has 0 fully saturated rings. The molecule has 17 heavy (non-hydrogen) atoms. The molecule has 2 aromatic rings. The highest BCUT2D eigenvalue weighted by molar-refractivity contribution is 9.10. The van der Waals surface area contributed by atoms with E-state index >= 15 is 0 Å². The monoisotopic (exact) mass is 292 g/mol. The van der Waals surface area contributed by atoms with Gasteiger partial charge in [0, 0.05) is 10.0 Å². The van der Waals surface area contributed by atoms with Crippen molar-refractivity contribution in [1.82, 2.24) is 0 Å². The van der Waals surface area contributed by atoms with Crippen LogP contribution in [0.2, 0.25) is 0 Å². The van der Waals surface area contributed by atoms with Crippen molar-refractivity contribution in [3.8, 4) is 11.5 Å². The number of rotatable bonds is 3. The summed E-state index contributed by atoms with van der Waals surface area (Å²) in [5, 5.41) is 9.21. The van der Waals surface area contributed by atoms with E-state index in [0.29, 0.717) is 5.75 Å². The van der Waals surface area contributed by atoms with Crippen LogP contribution in [-0.2, 0) is 6.61 Å². The van der Waals surface area contributed by atoms with Crippen LogP contribution in [0.1, 0.15) is 11.1 Å². The molecule has 2 aromatic carbocycles. The molecule has 0 aromatic heterocycles. The Morgan fingerprint density at radius 1 is 1.18 bits per heavy atom. The third-order valence-corrected chi connectivity index (χ3v) is 3.39. The minimum atomic E-state index is -0.0221. The molecular formula is C14H13BrO2. The molecule has 0 spiro atoms. The van der Waals surface area contributed by atoms with Crippen molar-refractivity contribution in [2.75, 3.05) is 0 Å². The van der Waals surface area contributed by atoms with Gasteiger partial charge in [0.15, 0.2) is 0 Å². The number of aliphatic hydroxyl groups is 1. The zero-order valence-corrected chi connectivity index (χ0v) is 11.1. The molecule has 0 saturated carbocycles. The summed E-state index contributed by atoms with van der Waals surface area (Å²) in [5.41, 5.74) is 1.90. The van der Waals surface area contributed by atoms with Crippen LogP contribution < -0.4 is 4.74 Å². The van der Waals surface area contributed by atoms with E-state index in [1.54, 1.807) is 0 Å². The molecule has 0 radical (unpaired) electrons. The lowest BCUT2D eigenvalue weighted by atomic mass is 10.2. The van der Waals surface area contributed by atoms with E-state index in [0.717, 1.165) is 21.3 Å². The number of hydrogen-bond acceptors (Lipinski definition) is 2. The van der Waals surface area contributed by atoms with Gasteiger partial charge in [-0.15, -0.1) is 0 Å². The van der Waals surface area contributed by atoms with Crippen LogP contribution in [0.15, 0.2) is 46.9 Å².